The summed E-state index contributed by atoms with van der Waals surface area (Å²) in [7, 11) is 1.59. The second-order valence-electron chi connectivity index (χ2n) is 5.60. The molecule has 27 heavy (non-hydrogen) atoms. The van der Waals surface area contributed by atoms with Crippen molar-refractivity contribution in [2.75, 3.05) is 13.7 Å². The number of nitrogens with zero attached hydrogens (tertiary/aromatic N) is 2. The summed E-state index contributed by atoms with van der Waals surface area (Å²) in [4.78, 5) is 19.0. The van der Waals surface area contributed by atoms with Gasteiger partial charge in [0.15, 0.2) is 11.5 Å². The molecule has 1 aromatic heterocycles. The first kappa shape index (κ1) is 19.9. The van der Waals surface area contributed by atoms with Gasteiger partial charge in [0.1, 0.15) is 4.32 Å². The summed E-state index contributed by atoms with van der Waals surface area (Å²) in [5, 5.41) is 0. The highest BCUT2D eigenvalue weighted by Crippen LogP contribution is 2.39. The van der Waals surface area contributed by atoms with Crippen molar-refractivity contribution < 1.29 is 14.3 Å². The number of thiocarbonyl (C=S) groups is 1. The fourth-order valence-corrected chi connectivity index (χ4v) is 4.47. The fourth-order valence-electron chi connectivity index (χ4n) is 2.59. The van der Waals surface area contributed by atoms with Crippen molar-refractivity contribution >= 4 is 56.2 Å². The van der Waals surface area contributed by atoms with Crippen molar-refractivity contribution in [3.05, 3.63) is 57.2 Å². The van der Waals surface area contributed by atoms with Gasteiger partial charge in [0.05, 0.1) is 29.6 Å². The van der Waals surface area contributed by atoms with Gasteiger partial charge >= 0.3 is 0 Å². The van der Waals surface area contributed by atoms with Crippen LogP contribution < -0.4 is 9.47 Å². The van der Waals surface area contributed by atoms with Gasteiger partial charge in [0.2, 0.25) is 0 Å². The molecule has 0 aliphatic carbocycles. The molecule has 1 amide bonds. The van der Waals surface area contributed by atoms with Gasteiger partial charge in [0, 0.05) is 12.4 Å². The standard InChI is InChI=1S/C19H17BrN2O3S2/c1-3-25-15-8-13(7-14(20)17(15)24-2)9-16-18(23)22(19(26)27-16)11-12-5-4-6-21-10-12/h4-10H,3,11H2,1-2H3/b16-9-. The van der Waals surface area contributed by atoms with E-state index >= 15 is 0 Å². The summed E-state index contributed by atoms with van der Waals surface area (Å²) < 4.78 is 12.3. The third-order valence-electron chi connectivity index (χ3n) is 3.77. The molecule has 0 unspecified atom stereocenters. The molecule has 2 aromatic rings. The van der Waals surface area contributed by atoms with E-state index < -0.39 is 0 Å². The Labute approximate surface area is 175 Å². The van der Waals surface area contributed by atoms with Crippen LogP contribution in [0.4, 0.5) is 0 Å². The van der Waals surface area contributed by atoms with Crippen LogP contribution in [-0.4, -0.2) is 33.8 Å². The van der Waals surface area contributed by atoms with E-state index in [4.69, 9.17) is 21.7 Å². The van der Waals surface area contributed by atoms with Crippen molar-refractivity contribution in [1.82, 2.24) is 9.88 Å². The van der Waals surface area contributed by atoms with Gasteiger partial charge in [-0.15, -0.1) is 0 Å². The molecule has 0 atom stereocenters. The smallest absolute Gasteiger partial charge is 0.266 e. The molecule has 1 saturated heterocycles. The number of ether oxygens (including phenoxy) is 2. The first-order valence-corrected chi connectivity index (χ1v) is 10.2. The van der Waals surface area contributed by atoms with Gasteiger partial charge in [0.25, 0.3) is 5.91 Å². The second kappa shape index (κ2) is 8.86. The molecule has 2 heterocycles. The van der Waals surface area contributed by atoms with Gasteiger partial charge in [-0.05, 0) is 58.3 Å². The monoisotopic (exact) mass is 464 g/mol. The first-order chi connectivity index (χ1) is 13.0. The second-order valence-corrected chi connectivity index (χ2v) is 8.13. The van der Waals surface area contributed by atoms with Gasteiger partial charge in [-0.25, -0.2) is 0 Å². The topological polar surface area (TPSA) is 51.7 Å². The van der Waals surface area contributed by atoms with Crippen LogP contribution in [0.25, 0.3) is 6.08 Å². The lowest BCUT2D eigenvalue weighted by Gasteiger charge is -2.14. The number of carbonyl (C=O) groups is 1. The Balaban J connectivity index is 1.87. The van der Waals surface area contributed by atoms with Crippen LogP contribution in [0.3, 0.4) is 0 Å². The Kier molecular flexibility index (Phi) is 6.51. The zero-order valence-electron chi connectivity index (χ0n) is 14.8. The lowest BCUT2D eigenvalue weighted by molar-refractivity contribution is -0.122. The number of amides is 1. The molecule has 3 rings (SSSR count). The van der Waals surface area contributed by atoms with Crippen molar-refractivity contribution in [2.45, 2.75) is 13.5 Å². The van der Waals surface area contributed by atoms with Crippen molar-refractivity contribution in [3.8, 4) is 11.5 Å². The summed E-state index contributed by atoms with van der Waals surface area (Å²) in [5.41, 5.74) is 1.76. The molecule has 5 nitrogen and oxygen atoms in total. The SMILES string of the molecule is CCOc1cc(/C=C2\SC(=S)N(Cc3cccnc3)C2=O)cc(Br)c1OC. The number of thioether (sulfide) groups is 1. The predicted octanol–water partition coefficient (Wildman–Crippen LogP) is 4.65. The highest BCUT2D eigenvalue weighted by Gasteiger charge is 2.32. The number of benzene rings is 1. The molecule has 1 aliphatic rings. The Hall–Kier alpha value is -1.90. The molecular weight excluding hydrogens is 448 g/mol. The minimum absolute atomic E-state index is 0.112. The summed E-state index contributed by atoms with van der Waals surface area (Å²) in [5.74, 6) is 1.13. The molecule has 1 aromatic carbocycles. The van der Waals surface area contributed by atoms with Crippen LogP contribution in [0.2, 0.25) is 0 Å². The van der Waals surface area contributed by atoms with E-state index in [1.54, 1.807) is 24.4 Å². The third-order valence-corrected chi connectivity index (χ3v) is 5.74. The number of hydrogen-bond donors (Lipinski definition) is 0. The molecule has 1 aliphatic heterocycles. The maximum atomic E-state index is 12.8. The molecule has 0 saturated carbocycles. The Bertz CT molecular complexity index is 903. The zero-order valence-corrected chi connectivity index (χ0v) is 18.0. The Morgan fingerprint density at radius 1 is 1.41 bits per heavy atom. The van der Waals surface area contributed by atoms with Crippen LogP contribution in [0.5, 0.6) is 11.5 Å². The van der Waals surface area contributed by atoms with E-state index in [0.29, 0.717) is 33.9 Å². The number of hydrogen-bond acceptors (Lipinski definition) is 6. The van der Waals surface area contributed by atoms with Gasteiger partial charge in [-0.3, -0.25) is 14.7 Å². The minimum Gasteiger partial charge on any atom is -0.492 e. The van der Waals surface area contributed by atoms with Crippen LogP contribution >= 0.6 is 39.9 Å². The van der Waals surface area contributed by atoms with Gasteiger partial charge in [-0.1, -0.05) is 30.0 Å². The molecule has 0 N–H and O–H groups in total. The quantitative estimate of drug-likeness (QED) is 0.457. The molecule has 0 radical (unpaired) electrons. The van der Waals surface area contributed by atoms with E-state index in [2.05, 4.69) is 20.9 Å². The lowest BCUT2D eigenvalue weighted by atomic mass is 10.1. The molecule has 0 spiro atoms. The maximum Gasteiger partial charge on any atom is 0.266 e. The normalized spacial score (nSPS) is 15.5. The molecule has 1 fully saturated rings. The predicted molar refractivity (Wildman–Crippen MR) is 115 cm³/mol. The van der Waals surface area contributed by atoms with E-state index in [0.717, 1.165) is 15.6 Å². The van der Waals surface area contributed by atoms with Gasteiger partial charge < -0.3 is 9.47 Å². The first-order valence-electron chi connectivity index (χ1n) is 8.18. The minimum atomic E-state index is -0.112. The summed E-state index contributed by atoms with van der Waals surface area (Å²) >= 11 is 10.2. The van der Waals surface area contributed by atoms with E-state index in [1.165, 1.54) is 11.8 Å². The van der Waals surface area contributed by atoms with Crippen LogP contribution in [0.1, 0.15) is 18.1 Å². The average Bonchev–Trinajstić information content (AvgIpc) is 2.90. The molecule has 0 bridgehead atoms. The van der Waals surface area contributed by atoms with Crippen molar-refractivity contribution in [2.24, 2.45) is 0 Å². The van der Waals surface area contributed by atoms with Crippen LogP contribution in [0.15, 0.2) is 46.0 Å². The molecule has 8 heteroatoms. The largest absolute Gasteiger partial charge is 0.492 e. The van der Waals surface area contributed by atoms with Crippen LogP contribution in [-0.2, 0) is 11.3 Å². The maximum absolute atomic E-state index is 12.8. The van der Waals surface area contributed by atoms with E-state index in [9.17, 15) is 4.79 Å². The molecular formula is C19H17BrN2O3S2. The highest BCUT2D eigenvalue weighted by atomic mass is 79.9. The van der Waals surface area contributed by atoms with E-state index in [1.807, 2.05) is 37.3 Å². The van der Waals surface area contributed by atoms with Crippen molar-refractivity contribution in [1.29, 1.82) is 0 Å². The lowest BCUT2D eigenvalue weighted by Crippen LogP contribution is -2.27. The number of rotatable bonds is 6. The van der Waals surface area contributed by atoms with Crippen LogP contribution in [0, 0.1) is 0 Å². The number of methoxy groups -OCH3 is 1. The number of pyridine rings is 1. The Morgan fingerprint density at radius 2 is 2.22 bits per heavy atom. The zero-order chi connectivity index (χ0) is 19.4. The molecule has 140 valence electrons. The summed E-state index contributed by atoms with van der Waals surface area (Å²) in [6.07, 6.45) is 5.25. The van der Waals surface area contributed by atoms with Gasteiger partial charge in [-0.2, -0.15) is 0 Å². The summed E-state index contributed by atoms with van der Waals surface area (Å²) in [6.45, 7) is 2.83. The third kappa shape index (κ3) is 4.51. The highest BCUT2D eigenvalue weighted by molar-refractivity contribution is 9.10. The number of aromatic nitrogens is 1. The number of carbonyl (C=O) groups excluding carboxylic acids is 1. The average molecular weight is 465 g/mol. The summed E-state index contributed by atoms with van der Waals surface area (Å²) in [6, 6.07) is 7.49. The Morgan fingerprint density at radius 3 is 2.89 bits per heavy atom. The number of halogens is 1. The van der Waals surface area contributed by atoms with E-state index in [-0.39, 0.29) is 5.91 Å². The van der Waals surface area contributed by atoms with Crippen molar-refractivity contribution in [3.63, 3.8) is 0 Å². The fraction of sp³-hybridized carbons (Fsp3) is 0.211.